The van der Waals surface area contributed by atoms with Crippen LogP contribution in [0.15, 0.2) is 0 Å². The molecule has 1 aromatic rings. The van der Waals surface area contributed by atoms with E-state index in [0.717, 1.165) is 30.0 Å². The first-order valence-electron chi connectivity index (χ1n) is 6.79. The summed E-state index contributed by atoms with van der Waals surface area (Å²) in [5.74, 6) is 0.911. The number of hydrogen-bond acceptors (Lipinski definition) is 6. The number of rotatable bonds is 2. The zero-order valence-electron chi connectivity index (χ0n) is 11.1. The van der Waals surface area contributed by atoms with E-state index in [1.165, 1.54) is 11.3 Å². The van der Waals surface area contributed by atoms with Crippen molar-refractivity contribution in [1.82, 2.24) is 0 Å². The minimum atomic E-state index is -2.92. The van der Waals surface area contributed by atoms with Crippen LogP contribution in [0, 0.1) is 11.3 Å². The summed E-state index contributed by atoms with van der Waals surface area (Å²) >= 11 is 1.42. The number of nitrogen functional groups attached to an aromatic ring is 1. The minimum absolute atomic E-state index is 0.191. The van der Waals surface area contributed by atoms with Crippen LogP contribution in [0.4, 0.5) is 10.7 Å². The number of nitrogens with zero attached hydrogens (tertiary/aromatic N) is 2. The molecule has 2 heterocycles. The number of sulfone groups is 1. The molecule has 5 nitrogen and oxygen atoms in total. The lowest BCUT2D eigenvalue weighted by molar-refractivity contribution is 0.597. The van der Waals surface area contributed by atoms with Gasteiger partial charge in [-0.2, -0.15) is 5.26 Å². The predicted molar refractivity (Wildman–Crippen MR) is 80.9 cm³/mol. The molecule has 108 valence electrons. The molecule has 1 aliphatic carbocycles. The van der Waals surface area contributed by atoms with Crippen molar-refractivity contribution in [3.63, 3.8) is 0 Å². The number of nitriles is 1. The lowest BCUT2D eigenvalue weighted by atomic mass is 10.1. The van der Waals surface area contributed by atoms with Crippen LogP contribution in [-0.4, -0.2) is 33.0 Å². The van der Waals surface area contributed by atoms with E-state index >= 15 is 0 Å². The normalized spacial score (nSPS) is 22.2. The minimum Gasteiger partial charge on any atom is -0.397 e. The molecule has 1 aliphatic heterocycles. The smallest absolute Gasteiger partial charge is 0.152 e. The Bertz CT molecular complexity index is 669. The highest BCUT2D eigenvalue weighted by atomic mass is 32.2. The summed E-state index contributed by atoms with van der Waals surface area (Å²) in [5.41, 5.74) is 7.80. The first kappa shape index (κ1) is 13.7. The number of nitrogens with two attached hydrogens (primary N) is 1. The summed E-state index contributed by atoms with van der Waals surface area (Å²) in [6, 6.07) is 2.16. The molecule has 0 aromatic carbocycles. The Labute approximate surface area is 122 Å². The molecule has 2 N–H and O–H groups in total. The molecule has 7 heteroatoms. The van der Waals surface area contributed by atoms with Gasteiger partial charge in [0.05, 0.1) is 22.2 Å². The zero-order chi connectivity index (χ0) is 14.3. The monoisotopic (exact) mass is 311 g/mol. The third-order valence-corrected chi connectivity index (χ3v) is 6.80. The summed E-state index contributed by atoms with van der Waals surface area (Å²) < 4.78 is 23.4. The zero-order valence-corrected chi connectivity index (χ0v) is 12.8. The Morgan fingerprint density at radius 2 is 2.05 bits per heavy atom. The highest BCUT2D eigenvalue weighted by Crippen LogP contribution is 2.51. The van der Waals surface area contributed by atoms with Gasteiger partial charge in [0.15, 0.2) is 9.84 Å². The second-order valence-electron chi connectivity index (χ2n) is 5.44. The standard InChI is InChI=1S/C13H17N3O2S2/c14-8-10-12(15)11(9-2-3-9)13(19-10)16-4-1-6-20(17,18)7-5-16/h9H,1-7,15H2. The van der Waals surface area contributed by atoms with Crippen LogP contribution in [0.5, 0.6) is 0 Å². The highest BCUT2D eigenvalue weighted by Gasteiger charge is 2.34. The van der Waals surface area contributed by atoms with Crippen molar-refractivity contribution in [3.8, 4) is 6.07 Å². The van der Waals surface area contributed by atoms with Crippen LogP contribution in [0.3, 0.4) is 0 Å². The fourth-order valence-corrected chi connectivity index (χ4v) is 5.10. The van der Waals surface area contributed by atoms with Gasteiger partial charge in [0.2, 0.25) is 0 Å². The second kappa shape index (κ2) is 4.93. The SMILES string of the molecule is N#Cc1sc(N2CCCS(=O)(=O)CC2)c(C2CC2)c1N. The van der Waals surface area contributed by atoms with Gasteiger partial charge in [0, 0.05) is 18.7 Å². The van der Waals surface area contributed by atoms with Crippen LogP contribution in [-0.2, 0) is 9.84 Å². The van der Waals surface area contributed by atoms with Gasteiger partial charge < -0.3 is 10.6 Å². The van der Waals surface area contributed by atoms with E-state index in [9.17, 15) is 8.42 Å². The van der Waals surface area contributed by atoms with E-state index in [-0.39, 0.29) is 11.5 Å². The van der Waals surface area contributed by atoms with Gasteiger partial charge in [-0.1, -0.05) is 0 Å². The van der Waals surface area contributed by atoms with Crippen LogP contribution in [0.2, 0.25) is 0 Å². The molecular formula is C13H17N3O2S2. The molecule has 0 bridgehead atoms. The van der Waals surface area contributed by atoms with Crippen molar-refractivity contribution in [2.24, 2.45) is 0 Å². The lowest BCUT2D eigenvalue weighted by Gasteiger charge is -2.22. The van der Waals surface area contributed by atoms with Crippen LogP contribution in [0.1, 0.15) is 35.6 Å². The van der Waals surface area contributed by atoms with Crippen molar-refractivity contribution in [2.45, 2.75) is 25.2 Å². The van der Waals surface area contributed by atoms with Gasteiger partial charge in [-0.05, 0) is 25.2 Å². The van der Waals surface area contributed by atoms with E-state index in [1.807, 2.05) is 0 Å². The van der Waals surface area contributed by atoms with E-state index in [2.05, 4.69) is 11.0 Å². The van der Waals surface area contributed by atoms with Crippen molar-refractivity contribution < 1.29 is 8.42 Å². The second-order valence-corrected chi connectivity index (χ2v) is 8.74. The molecule has 0 atom stereocenters. The molecule has 0 radical (unpaired) electrons. The largest absolute Gasteiger partial charge is 0.397 e. The first-order valence-corrected chi connectivity index (χ1v) is 9.43. The van der Waals surface area contributed by atoms with Gasteiger partial charge in [0.1, 0.15) is 10.9 Å². The summed E-state index contributed by atoms with van der Waals surface area (Å²) in [6.07, 6.45) is 2.88. The highest BCUT2D eigenvalue weighted by molar-refractivity contribution is 7.91. The fourth-order valence-electron chi connectivity index (χ4n) is 2.67. The molecule has 1 aromatic heterocycles. The molecule has 1 saturated heterocycles. The Kier molecular flexibility index (Phi) is 3.38. The maximum atomic E-state index is 11.7. The maximum absolute atomic E-state index is 11.7. The van der Waals surface area contributed by atoms with E-state index in [4.69, 9.17) is 11.0 Å². The van der Waals surface area contributed by atoms with Gasteiger partial charge >= 0.3 is 0 Å². The van der Waals surface area contributed by atoms with E-state index in [1.54, 1.807) is 0 Å². The maximum Gasteiger partial charge on any atom is 0.152 e. The van der Waals surface area contributed by atoms with Gasteiger partial charge in [0.25, 0.3) is 0 Å². The van der Waals surface area contributed by atoms with Gasteiger partial charge in [-0.3, -0.25) is 0 Å². The van der Waals surface area contributed by atoms with Gasteiger partial charge in [-0.15, -0.1) is 11.3 Å². The topological polar surface area (TPSA) is 87.2 Å². The van der Waals surface area contributed by atoms with Gasteiger partial charge in [-0.25, -0.2) is 8.42 Å². The molecule has 2 fully saturated rings. The molecule has 1 saturated carbocycles. The van der Waals surface area contributed by atoms with Crippen molar-refractivity contribution in [2.75, 3.05) is 35.2 Å². The van der Waals surface area contributed by atoms with Crippen molar-refractivity contribution in [3.05, 3.63) is 10.4 Å². The molecule has 2 aliphatic rings. The first-order chi connectivity index (χ1) is 9.52. The average molecular weight is 311 g/mol. The fraction of sp³-hybridized carbons (Fsp3) is 0.615. The Balaban J connectivity index is 1.95. The third kappa shape index (κ3) is 2.50. The van der Waals surface area contributed by atoms with Crippen molar-refractivity contribution in [1.29, 1.82) is 5.26 Å². The van der Waals surface area contributed by atoms with E-state index in [0.29, 0.717) is 29.4 Å². The molecule has 20 heavy (non-hydrogen) atoms. The lowest BCUT2D eigenvalue weighted by Crippen LogP contribution is -2.26. The quantitative estimate of drug-likeness (QED) is 0.898. The number of anilines is 2. The molecular weight excluding hydrogens is 294 g/mol. The third-order valence-electron chi connectivity index (χ3n) is 3.89. The predicted octanol–water partition coefficient (Wildman–Crippen LogP) is 1.70. The summed E-state index contributed by atoms with van der Waals surface area (Å²) in [4.78, 5) is 2.68. The number of thiophene rings is 1. The van der Waals surface area contributed by atoms with Crippen LogP contribution in [0.25, 0.3) is 0 Å². The number of hydrogen-bond donors (Lipinski definition) is 1. The molecule has 0 amide bonds. The Hall–Kier alpha value is -1.26. The average Bonchev–Trinajstić information content (AvgIpc) is 3.19. The van der Waals surface area contributed by atoms with Crippen molar-refractivity contribution >= 4 is 31.9 Å². The molecule has 0 spiro atoms. The summed E-state index contributed by atoms with van der Waals surface area (Å²) in [6.45, 7) is 1.23. The van der Waals surface area contributed by atoms with Crippen LogP contribution >= 0.6 is 11.3 Å². The molecule has 0 unspecified atom stereocenters. The Morgan fingerprint density at radius 1 is 1.30 bits per heavy atom. The summed E-state index contributed by atoms with van der Waals surface area (Å²) in [7, 11) is -2.92. The summed E-state index contributed by atoms with van der Waals surface area (Å²) in [5, 5.41) is 10.2. The molecule has 3 rings (SSSR count). The van der Waals surface area contributed by atoms with Crippen LogP contribution < -0.4 is 10.6 Å². The van der Waals surface area contributed by atoms with E-state index < -0.39 is 9.84 Å². The Morgan fingerprint density at radius 3 is 2.70 bits per heavy atom.